The number of methoxy groups -OCH3 is 1. The maximum atomic E-state index is 12.5. The molecule has 1 N–H and O–H groups in total. The Morgan fingerprint density at radius 2 is 2.00 bits per heavy atom. The van der Waals surface area contributed by atoms with E-state index >= 15 is 0 Å². The molecule has 5 heteroatoms. The average molecular weight is 342 g/mol. The zero-order valence-electron chi connectivity index (χ0n) is 14.7. The normalized spacial score (nSPS) is 16.0. The van der Waals surface area contributed by atoms with Crippen LogP contribution in [0.25, 0.3) is 11.1 Å². The lowest BCUT2D eigenvalue weighted by Gasteiger charge is -2.31. The molecule has 0 aliphatic carbocycles. The number of carbonyl (C=O) groups excluding carboxylic acids is 1. The van der Waals surface area contributed by atoms with Gasteiger partial charge in [0.15, 0.2) is 5.76 Å². The van der Waals surface area contributed by atoms with Crippen LogP contribution < -0.4 is 5.32 Å². The van der Waals surface area contributed by atoms with Crippen molar-refractivity contribution in [2.75, 3.05) is 39.9 Å². The fourth-order valence-electron chi connectivity index (χ4n) is 3.28. The number of rotatable bonds is 7. The molecule has 0 bridgehead atoms. The Labute approximate surface area is 149 Å². The number of nitrogens with zero attached hydrogens (tertiary/aromatic N) is 1. The lowest BCUT2D eigenvalue weighted by molar-refractivity contribution is 0.0900. The van der Waals surface area contributed by atoms with Gasteiger partial charge >= 0.3 is 0 Å². The first kappa shape index (κ1) is 17.7. The third kappa shape index (κ3) is 4.71. The third-order valence-electron chi connectivity index (χ3n) is 4.83. The maximum Gasteiger partial charge on any atom is 0.287 e. The van der Waals surface area contributed by atoms with Crippen LogP contribution in [0, 0.1) is 5.92 Å². The summed E-state index contributed by atoms with van der Waals surface area (Å²) < 4.78 is 10.6. The van der Waals surface area contributed by atoms with Gasteiger partial charge in [-0.05, 0) is 43.5 Å². The van der Waals surface area contributed by atoms with Crippen molar-refractivity contribution in [2.24, 2.45) is 5.92 Å². The standard InChI is InChI=1S/C20H26N2O3/c1-24-14-12-22-10-7-16(8-11-22)15-21-20(23)19-18(9-13-25-19)17-5-3-2-4-6-17/h2-6,9,13,16H,7-8,10-12,14-15H2,1H3,(H,21,23). The summed E-state index contributed by atoms with van der Waals surface area (Å²) in [6.07, 6.45) is 3.78. The molecule has 1 aromatic carbocycles. The number of carbonyl (C=O) groups is 1. The van der Waals surface area contributed by atoms with E-state index in [2.05, 4.69) is 10.2 Å². The number of benzene rings is 1. The van der Waals surface area contributed by atoms with Crippen LogP contribution >= 0.6 is 0 Å². The molecule has 25 heavy (non-hydrogen) atoms. The molecule has 0 unspecified atom stereocenters. The second kappa shape index (κ2) is 8.83. The molecule has 0 spiro atoms. The van der Waals surface area contributed by atoms with E-state index < -0.39 is 0 Å². The lowest BCUT2D eigenvalue weighted by atomic mass is 9.96. The Kier molecular flexibility index (Phi) is 6.25. The van der Waals surface area contributed by atoms with E-state index in [0.717, 1.165) is 50.2 Å². The van der Waals surface area contributed by atoms with E-state index in [0.29, 0.717) is 18.2 Å². The molecule has 1 aromatic heterocycles. The highest BCUT2D eigenvalue weighted by molar-refractivity contribution is 5.98. The van der Waals surface area contributed by atoms with Gasteiger partial charge in [0.1, 0.15) is 0 Å². The van der Waals surface area contributed by atoms with Crippen molar-refractivity contribution in [1.29, 1.82) is 0 Å². The highest BCUT2D eigenvalue weighted by atomic mass is 16.5. The summed E-state index contributed by atoms with van der Waals surface area (Å²) in [5, 5.41) is 3.05. The van der Waals surface area contributed by atoms with Crippen LogP contribution in [0.5, 0.6) is 0 Å². The van der Waals surface area contributed by atoms with Gasteiger partial charge < -0.3 is 19.4 Å². The Balaban J connectivity index is 1.50. The van der Waals surface area contributed by atoms with Crippen molar-refractivity contribution in [3.63, 3.8) is 0 Å². The Hall–Kier alpha value is -2.11. The molecule has 0 saturated carbocycles. The Morgan fingerprint density at radius 3 is 2.72 bits per heavy atom. The van der Waals surface area contributed by atoms with Crippen molar-refractivity contribution >= 4 is 5.91 Å². The molecular weight excluding hydrogens is 316 g/mol. The first-order valence-electron chi connectivity index (χ1n) is 8.90. The number of hydrogen-bond donors (Lipinski definition) is 1. The molecular formula is C20H26N2O3. The highest BCUT2D eigenvalue weighted by Crippen LogP contribution is 2.24. The molecule has 1 aliphatic heterocycles. The summed E-state index contributed by atoms with van der Waals surface area (Å²) in [5.74, 6) is 0.785. The van der Waals surface area contributed by atoms with Crippen molar-refractivity contribution < 1.29 is 13.9 Å². The largest absolute Gasteiger partial charge is 0.459 e. The topological polar surface area (TPSA) is 54.7 Å². The quantitative estimate of drug-likeness (QED) is 0.840. The van der Waals surface area contributed by atoms with E-state index in [1.54, 1.807) is 13.4 Å². The predicted octanol–water partition coefficient (Wildman–Crippen LogP) is 3.03. The second-order valence-corrected chi connectivity index (χ2v) is 6.52. The summed E-state index contributed by atoms with van der Waals surface area (Å²) in [6.45, 7) is 4.61. The van der Waals surface area contributed by atoms with E-state index in [-0.39, 0.29) is 5.91 Å². The molecule has 2 aromatic rings. The van der Waals surface area contributed by atoms with Crippen molar-refractivity contribution in [3.05, 3.63) is 48.4 Å². The zero-order valence-corrected chi connectivity index (χ0v) is 14.7. The van der Waals surface area contributed by atoms with Gasteiger partial charge in [-0.2, -0.15) is 0 Å². The highest BCUT2D eigenvalue weighted by Gasteiger charge is 2.21. The fraction of sp³-hybridized carbons (Fsp3) is 0.450. The SMILES string of the molecule is COCCN1CCC(CNC(=O)c2occc2-c2ccccc2)CC1. The summed E-state index contributed by atoms with van der Waals surface area (Å²) in [5.41, 5.74) is 1.83. The van der Waals surface area contributed by atoms with Gasteiger partial charge in [-0.25, -0.2) is 0 Å². The summed E-state index contributed by atoms with van der Waals surface area (Å²) in [6, 6.07) is 11.7. The van der Waals surface area contributed by atoms with Gasteiger partial charge in [-0.3, -0.25) is 4.79 Å². The minimum absolute atomic E-state index is 0.134. The first-order chi connectivity index (χ1) is 12.3. The van der Waals surface area contributed by atoms with Gasteiger partial charge in [-0.15, -0.1) is 0 Å². The number of amides is 1. The molecule has 134 valence electrons. The van der Waals surface area contributed by atoms with Gasteiger partial charge in [-0.1, -0.05) is 30.3 Å². The van der Waals surface area contributed by atoms with Crippen LogP contribution in [-0.4, -0.2) is 50.7 Å². The summed E-state index contributed by atoms with van der Waals surface area (Å²) in [7, 11) is 1.74. The van der Waals surface area contributed by atoms with Gasteiger partial charge in [0, 0.05) is 25.8 Å². The fourth-order valence-corrected chi connectivity index (χ4v) is 3.28. The molecule has 1 amide bonds. The Bertz CT molecular complexity index is 661. The summed E-state index contributed by atoms with van der Waals surface area (Å²) in [4.78, 5) is 14.9. The van der Waals surface area contributed by atoms with Crippen molar-refractivity contribution in [1.82, 2.24) is 10.2 Å². The number of hydrogen-bond acceptors (Lipinski definition) is 4. The van der Waals surface area contributed by atoms with Gasteiger partial charge in [0.25, 0.3) is 5.91 Å². The minimum atomic E-state index is -0.134. The molecule has 3 rings (SSSR count). The monoisotopic (exact) mass is 342 g/mol. The second-order valence-electron chi connectivity index (χ2n) is 6.52. The van der Waals surface area contributed by atoms with Gasteiger partial charge in [0.05, 0.1) is 12.9 Å². The minimum Gasteiger partial charge on any atom is -0.459 e. The molecule has 1 aliphatic rings. The van der Waals surface area contributed by atoms with Crippen molar-refractivity contribution in [3.8, 4) is 11.1 Å². The van der Waals surface area contributed by atoms with Crippen LogP contribution in [0.3, 0.4) is 0 Å². The van der Waals surface area contributed by atoms with Crippen LogP contribution in [0.4, 0.5) is 0 Å². The molecule has 0 atom stereocenters. The van der Waals surface area contributed by atoms with Crippen molar-refractivity contribution in [2.45, 2.75) is 12.8 Å². The average Bonchev–Trinajstić information content (AvgIpc) is 3.16. The first-order valence-corrected chi connectivity index (χ1v) is 8.90. The number of nitrogens with one attached hydrogen (secondary N) is 1. The smallest absolute Gasteiger partial charge is 0.287 e. The van der Waals surface area contributed by atoms with Crippen LogP contribution in [0.15, 0.2) is 47.1 Å². The lowest BCUT2D eigenvalue weighted by Crippen LogP contribution is -2.39. The number of likely N-dealkylation sites (tertiary alicyclic amines) is 1. The predicted molar refractivity (Wildman–Crippen MR) is 97.5 cm³/mol. The van der Waals surface area contributed by atoms with Crippen LogP contribution in [-0.2, 0) is 4.74 Å². The molecule has 2 heterocycles. The van der Waals surface area contributed by atoms with E-state index in [9.17, 15) is 4.79 Å². The number of ether oxygens (including phenoxy) is 1. The maximum absolute atomic E-state index is 12.5. The molecule has 5 nitrogen and oxygen atoms in total. The van der Waals surface area contributed by atoms with Crippen LogP contribution in [0.1, 0.15) is 23.4 Å². The van der Waals surface area contributed by atoms with E-state index in [4.69, 9.17) is 9.15 Å². The third-order valence-corrected chi connectivity index (χ3v) is 4.83. The molecule has 1 saturated heterocycles. The zero-order chi connectivity index (χ0) is 17.5. The number of furan rings is 1. The van der Waals surface area contributed by atoms with Crippen LogP contribution in [0.2, 0.25) is 0 Å². The summed E-state index contributed by atoms with van der Waals surface area (Å²) >= 11 is 0. The Morgan fingerprint density at radius 1 is 1.24 bits per heavy atom. The molecule has 0 radical (unpaired) electrons. The number of piperidine rings is 1. The molecule has 1 fully saturated rings. The van der Waals surface area contributed by atoms with E-state index in [1.807, 2.05) is 36.4 Å². The van der Waals surface area contributed by atoms with E-state index in [1.165, 1.54) is 0 Å². The van der Waals surface area contributed by atoms with Gasteiger partial charge in [0.2, 0.25) is 0 Å².